The average Bonchev–Trinajstić information content (AvgIpc) is 2.47. The first kappa shape index (κ1) is 16.2. The van der Waals surface area contributed by atoms with Crippen LogP contribution in [0.3, 0.4) is 0 Å². The van der Waals surface area contributed by atoms with E-state index in [4.69, 9.17) is 15.1 Å². The van der Waals surface area contributed by atoms with Gasteiger partial charge in [-0.15, -0.1) is 0 Å². The van der Waals surface area contributed by atoms with Crippen LogP contribution in [0, 0.1) is 11.3 Å². The molecule has 0 aromatic heterocycles. The minimum absolute atomic E-state index is 0.0894. The summed E-state index contributed by atoms with van der Waals surface area (Å²) in [5.74, 6) is -1.63. The number of anilines is 1. The van der Waals surface area contributed by atoms with Crippen LogP contribution < -0.4 is 10.6 Å². The standard InChI is InChI=1S/C14H15N3O4/c1-21-7-6-16-9-11(8-15)13(18)17-12-4-2-10(3-5-12)14(19)20/h2-5,9,16H,6-7H2,1H3,(H,17,18)(H,19,20)/b11-9-. The molecule has 110 valence electrons. The Balaban J connectivity index is 2.65. The number of rotatable bonds is 7. The molecule has 0 radical (unpaired) electrons. The molecule has 0 bridgehead atoms. The van der Waals surface area contributed by atoms with Gasteiger partial charge in [-0.2, -0.15) is 5.26 Å². The van der Waals surface area contributed by atoms with Gasteiger partial charge in [0.1, 0.15) is 11.6 Å². The zero-order valence-electron chi connectivity index (χ0n) is 11.4. The fourth-order valence-electron chi connectivity index (χ4n) is 1.38. The highest BCUT2D eigenvalue weighted by Crippen LogP contribution is 2.10. The molecule has 0 spiro atoms. The number of ether oxygens (including phenoxy) is 1. The van der Waals surface area contributed by atoms with Crippen LogP contribution in [-0.2, 0) is 9.53 Å². The van der Waals surface area contributed by atoms with Gasteiger partial charge in [0.2, 0.25) is 0 Å². The Bertz CT molecular complexity index is 573. The number of carbonyl (C=O) groups excluding carboxylic acids is 1. The van der Waals surface area contributed by atoms with E-state index in [0.29, 0.717) is 18.8 Å². The van der Waals surface area contributed by atoms with Gasteiger partial charge in [0, 0.05) is 25.5 Å². The van der Waals surface area contributed by atoms with Crippen molar-refractivity contribution in [2.75, 3.05) is 25.6 Å². The first-order chi connectivity index (χ1) is 10.1. The third-order valence-corrected chi connectivity index (χ3v) is 2.45. The summed E-state index contributed by atoms with van der Waals surface area (Å²) in [6, 6.07) is 7.42. The molecular formula is C14H15N3O4. The lowest BCUT2D eigenvalue weighted by molar-refractivity contribution is -0.112. The Hall–Kier alpha value is -2.85. The predicted octanol–water partition coefficient (Wildman–Crippen LogP) is 0.967. The minimum atomic E-state index is -1.05. The number of methoxy groups -OCH3 is 1. The maximum absolute atomic E-state index is 11.8. The zero-order chi connectivity index (χ0) is 15.7. The third-order valence-electron chi connectivity index (χ3n) is 2.45. The number of benzene rings is 1. The van der Waals surface area contributed by atoms with E-state index in [1.165, 1.54) is 30.5 Å². The normalized spacial score (nSPS) is 10.6. The summed E-state index contributed by atoms with van der Waals surface area (Å²) >= 11 is 0. The Morgan fingerprint density at radius 3 is 2.57 bits per heavy atom. The van der Waals surface area contributed by atoms with E-state index in [-0.39, 0.29) is 11.1 Å². The molecule has 3 N–H and O–H groups in total. The first-order valence-electron chi connectivity index (χ1n) is 6.05. The van der Waals surface area contributed by atoms with Crippen LogP contribution in [-0.4, -0.2) is 37.2 Å². The van der Waals surface area contributed by atoms with Crippen molar-refractivity contribution in [3.05, 3.63) is 41.6 Å². The highest BCUT2D eigenvalue weighted by atomic mass is 16.5. The largest absolute Gasteiger partial charge is 0.478 e. The van der Waals surface area contributed by atoms with Crippen molar-refractivity contribution >= 4 is 17.6 Å². The lowest BCUT2D eigenvalue weighted by Gasteiger charge is -2.05. The first-order valence-corrected chi connectivity index (χ1v) is 6.05. The fraction of sp³-hybridized carbons (Fsp3) is 0.214. The molecule has 1 amide bonds. The van der Waals surface area contributed by atoms with Crippen molar-refractivity contribution in [3.63, 3.8) is 0 Å². The third kappa shape index (κ3) is 5.34. The number of carbonyl (C=O) groups is 2. The van der Waals surface area contributed by atoms with Gasteiger partial charge >= 0.3 is 5.97 Å². The molecule has 1 aromatic carbocycles. The van der Waals surface area contributed by atoms with E-state index >= 15 is 0 Å². The summed E-state index contributed by atoms with van der Waals surface area (Å²) in [5, 5.41) is 23.0. The predicted molar refractivity (Wildman–Crippen MR) is 75.6 cm³/mol. The molecule has 1 aromatic rings. The van der Waals surface area contributed by atoms with Crippen LogP contribution in [0.1, 0.15) is 10.4 Å². The summed E-state index contributed by atoms with van der Waals surface area (Å²) in [6.45, 7) is 0.926. The van der Waals surface area contributed by atoms with E-state index < -0.39 is 11.9 Å². The van der Waals surface area contributed by atoms with Crippen LogP contribution in [0.4, 0.5) is 5.69 Å². The number of nitrogens with one attached hydrogen (secondary N) is 2. The second kappa shape index (κ2) is 8.35. The quantitative estimate of drug-likeness (QED) is 0.392. The molecule has 0 saturated carbocycles. The van der Waals surface area contributed by atoms with Crippen LogP contribution in [0.25, 0.3) is 0 Å². The highest BCUT2D eigenvalue weighted by molar-refractivity contribution is 6.06. The number of carboxylic acid groups (broad SMARTS) is 1. The Kier molecular flexibility index (Phi) is 6.44. The summed E-state index contributed by atoms with van der Waals surface area (Å²) in [5.41, 5.74) is 0.432. The van der Waals surface area contributed by atoms with Gasteiger partial charge in [0.15, 0.2) is 0 Å². The van der Waals surface area contributed by atoms with E-state index in [2.05, 4.69) is 10.6 Å². The smallest absolute Gasteiger partial charge is 0.335 e. The number of aromatic carboxylic acids is 1. The van der Waals surface area contributed by atoms with Crippen LogP contribution in [0.5, 0.6) is 0 Å². The second-order valence-corrected chi connectivity index (χ2v) is 3.95. The van der Waals surface area contributed by atoms with E-state index in [1.807, 2.05) is 0 Å². The highest BCUT2D eigenvalue weighted by Gasteiger charge is 2.09. The van der Waals surface area contributed by atoms with Gasteiger partial charge in [-0.05, 0) is 24.3 Å². The molecule has 7 heteroatoms. The van der Waals surface area contributed by atoms with Crippen molar-refractivity contribution in [1.29, 1.82) is 5.26 Å². The maximum Gasteiger partial charge on any atom is 0.335 e. The molecule has 0 aliphatic rings. The summed E-state index contributed by atoms with van der Waals surface area (Å²) in [6.07, 6.45) is 1.31. The van der Waals surface area contributed by atoms with Gasteiger partial charge in [-0.1, -0.05) is 0 Å². The number of nitriles is 1. The number of nitrogens with zero attached hydrogens (tertiary/aromatic N) is 1. The molecule has 7 nitrogen and oxygen atoms in total. The van der Waals surface area contributed by atoms with E-state index in [1.54, 1.807) is 13.2 Å². The van der Waals surface area contributed by atoms with Gasteiger partial charge < -0.3 is 20.5 Å². The molecule has 0 fully saturated rings. The molecule has 0 saturated heterocycles. The summed E-state index contributed by atoms with van der Waals surface area (Å²) < 4.78 is 4.82. The van der Waals surface area contributed by atoms with Gasteiger partial charge in [-0.25, -0.2) is 4.79 Å². The van der Waals surface area contributed by atoms with Crippen molar-refractivity contribution < 1.29 is 19.4 Å². The molecule has 21 heavy (non-hydrogen) atoms. The molecule has 0 heterocycles. The van der Waals surface area contributed by atoms with Crippen molar-refractivity contribution in [2.24, 2.45) is 0 Å². The second-order valence-electron chi connectivity index (χ2n) is 3.95. The lowest BCUT2D eigenvalue weighted by atomic mass is 10.2. The Morgan fingerprint density at radius 1 is 1.38 bits per heavy atom. The van der Waals surface area contributed by atoms with E-state index in [0.717, 1.165) is 0 Å². The van der Waals surface area contributed by atoms with Crippen LogP contribution in [0.15, 0.2) is 36.0 Å². The Morgan fingerprint density at radius 2 is 2.05 bits per heavy atom. The average molecular weight is 289 g/mol. The van der Waals surface area contributed by atoms with Crippen LogP contribution in [0.2, 0.25) is 0 Å². The SMILES string of the molecule is COCCN/C=C(/C#N)C(=O)Nc1ccc(C(=O)O)cc1. The van der Waals surface area contributed by atoms with E-state index in [9.17, 15) is 9.59 Å². The fourth-order valence-corrected chi connectivity index (χ4v) is 1.38. The monoisotopic (exact) mass is 289 g/mol. The minimum Gasteiger partial charge on any atom is -0.478 e. The molecule has 1 rings (SSSR count). The summed E-state index contributed by atoms with van der Waals surface area (Å²) in [7, 11) is 1.55. The molecule has 0 atom stereocenters. The topological polar surface area (TPSA) is 111 Å². The van der Waals surface area contributed by atoms with Gasteiger partial charge in [-0.3, -0.25) is 4.79 Å². The van der Waals surface area contributed by atoms with Crippen molar-refractivity contribution in [1.82, 2.24) is 5.32 Å². The van der Waals surface area contributed by atoms with Crippen LogP contribution >= 0.6 is 0 Å². The van der Waals surface area contributed by atoms with Crippen molar-refractivity contribution in [3.8, 4) is 6.07 Å². The van der Waals surface area contributed by atoms with Gasteiger partial charge in [0.05, 0.1) is 12.2 Å². The molecular weight excluding hydrogens is 274 g/mol. The number of hydrogen-bond donors (Lipinski definition) is 3. The van der Waals surface area contributed by atoms with Crippen molar-refractivity contribution in [2.45, 2.75) is 0 Å². The number of amides is 1. The van der Waals surface area contributed by atoms with Gasteiger partial charge in [0.25, 0.3) is 5.91 Å². The molecule has 0 aliphatic carbocycles. The number of hydrogen-bond acceptors (Lipinski definition) is 5. The molecule has 0 aliphatic heterocycles. The molecule has 0 unspecified atom stereocenters. The Labute approximate surface area is 121 Å². The summed E-state index contributed by atoms with van der Waals surface area (Å²) in [4.78, 5) is 22.5. The number of carboxylic acids is 1. The lowest BCUT2D eigenvalue weighted by Crippen LogP contribution is -2.18. The maximum atomic E-state index is 11.8. The zero-order valence-corrected chi connectivity index (χ0v) is 11.4.